The number of amides is 1. The van der Waals surface area contributed by atoms with Crippen LogP contribution in [0.4, 0.5) is 0 Å². The van der Waals surface area contributed by atoms with Crippen LogP contribution in [0.2, 0.25) is 0 Å². The molecule has 1 unspecified atom stereocenters. The Labute approximate surface area is 129 Å². The topological polar surface area (TPSA) is 95.5 Å². The van der Waals surface area contributed by atoms with Gasteiger partial charge < -0.3 is 20.0 Å². The minimum absolute atomic E-state index is 0.0200. The van der Waals surface area contributed by atoms with Crippen LogP contribution >= 0.6 is 0 Å². The van der Waals surface area contributed by atoms with Crippen LogP contribution in [0.5, 0.6) is 0 Å². The van der Waals surface area contributed by atoms with E-state index in [0.717, 1.165) is 12.5 Å². The number of benzene rings is 1. The average molecular weight is 306 g/mol. The Kier molecular flexibility index (Phi) is 6.56. The lowest BCUT2D eigenvalue weighted by Gasteiger charge is -2.32. The lowest BCUT2D eigenvalue weighted by molar-refractivity contribution is -0.313. The van der Waals surface area contributed by atoms with Crippen molar-refractivity contribution >= 4 is 17.8 Å². The fraction of sp³-hybridized carbons (Fsp3) is 0.438. The largest absolute Gasteiger partial charge is 0.547 e. The van der Waals surface area contributed by atoms with Gasteiger partial charge in [-0.2, -0.15) is 0 Å². The fourth-order valence-electron chi connectivity index (χ4n) is 2.21. The molecule has 1 atom stereocenters. The Morgan fingerprint density at radius 3 is 2.36 bits per heavy atom. The van der Waals surface area contributed by atoms with E-state index in [1.165, 1.54) is 0 Å². The highest BCUT2D eigenvalue weighted by Gasteiger charge is 2.42. The molecular weight excluding hydrogens is 286 g/mol. The van der Waals surface area contributed by atoms with Crippen LogP contribution in [-0.2, 0) is 25.5 Å². The highest BCUT2D eigenvalue weighted by Crippen LogP contribution is 2.18. The minimum Gasteiger partial charge on any atom is -0.547 e. The number of ether oxygens (including phenoxy) is 1. The summed E-state index contributed by atoms with van der Waals surface area (Å²) in [5, 5.41) is 13.7. The fourth-order valence-corrected chi connectivity index (χ4v) is 2.21. The molecule has 0 saturated carbocycles. The molecule has 6 nitrogen and oxygen atoms in total. The van der Waals surface area contributed by atoms with Crippen molar-refractivity contribution in [3.8, 4) is 0 Å². The zero-order valence-corrected chi connectivity index (χ0v) is 12.8. The molecule has 0 saturated heterocycles. The summed E-state index contributed by atoms with van der Waals surface area (Å²) in [5.74, 6) is -3.29. The second-order valence-electron chi connectivity index (χ2n) is 4.93. The Morgan fingerprint density at radius 2 is 1.86 bits per heavy atom. The first-order valence-corrected chi connectivity index (χ1v) is 7.13. The first-order valence-electron chi connectivity index (χ1n) is 7.13. The number of carbonyl (C=O) groups is 3. The standard InChI is InChI=1S/C16H21NO5/c1-3-22-15(21)16(14(19)20,17-12(2)18)11-7-10-13-8-5-4-6-9-13/h4-6,8-9H,3,7,10-11H2,1-2H3,(H,17,18)(H,19,20)/p-1. The maximum atomic E-state index is 12.0. The van der Waals surface area contributed by atoms with Crippen LogP contribution in [-0.4, -0.2) is 30.0 Å². The zero-order chi connectivity index (χ0) is 16.6. The molecule has 22 heavy (non-hydrogen) atoms. The van der Waals surface area contributed by atoms with Gasteiger partial charge in [-0.3, -0.25) is 4.79 Å². The number of hydrogen-bond donors (Lipinski definition) is 1. The zero-order valence-electron chi connectivity index (χ0n) is 12.8. The van der Waals surface area contributed by atoms with Gasteiger partial charge in [-0.15, -0.1) is 0 Å². The van der Waals surface area contributed by atoms with Gasteiger partial charge in [0.2, 0.25) is 5.91 Å². The number of aryl methyl sites for hydroxylation is 1. The van der Waals surface area contributed by atoms with Crippen LogP contribution in [0.25, 0.3) is 0 Å². The van der Waals surface area contributed by atoms with E-state index in [0.29, 0.717) is 12.8 Å². The second-order valence-corrected chi connectivity index (χ2v) is 4.93. The van der Waals surface area contributed by atoms with Crippen molar-refractivity contribution in [2.75, 3.05) is 6.61 Å². The minimum atomic E-state index is -2.14. The molecule has 1 N–H and O–H groups in total. The molecule has 0 aliphatic carbocycles. The predicted octanol–water partition coefficient (Wildman–Crippen LogP) is 0.197. The number of carboxylic acid groups (broad SMARTS) is 1. The lowest BCUT2D eigenvalue weighted by atomic mass is 9.91. The summed E-state index contributed by atoms with van der Waals surface area (Å²) in [5.41, 5.74) is -1.13. The summed E-state index contributed by atoms with van der Waals surface area (Å²) in [6.45, 7) is 2.73. The van der Waals surface area contributed by atoms with Gasteiger partial charge >= 0.3 is 5.97 Å². The molecule has 0 radical (unpaired) electrons. The van der Waals surface area contributed by atoms with Gasteiger partial charge in [0.05, 0.1) is 12.6 Å². The van der Waals surface area contributed by atoms with Crippen LogP contribution in [0.3, 0.4) is 0 Å². The monoisotopic (exact) mass is 306 g/mol. The maximum Gasteiger partial charge on any atom is 0.337 e. The Bertz CT molecular complexity index is 529. The van der Waals surface area contributed by atoms with Gasteiger partial charge in [-0.25, -0.2) is 4.79 Å². The molecule has 120 valence electrons. The molecule has 1 amide bonds. The third-order valence-electron chi connectivity index (χ3n) is 3.22. The van der Waals surface area contributed by atoms with Gasteiger partial charge in [0.25, 0.3) is 0 Å². The molecule has 0 bridgehead atoms. The van der Waals surface area contributed by atoms with E-state index in [2.05, 4.69) is 5.32 Å². The van der Waals surface area contributed by atoms with E-state index in [-0.39, 0.29) is 13.0 Å². The molecule has 1 rings (SSSR count). The summed E-state index contributed by atoms with van der Waals surface area (Å²) in [4.78, 5) is 34.8. The molecule has 1 aromatic rings. The van der Waals surface area contributed by atoms with E-state index < -0.39 is 23.4 Å². The molecule has 0 aliphatic rings. The number of esters is 1. The Balaban J connectivity index is 2.86. The molecule has 0 aliphatic heterocycles. The quantitative estimate of drug-likeness (QED) is 0.546. The Morgan fingerprint density at radius 1 is 1.23 bits per heavy atom. The molecular formula is C16H20NO5-. The van der Waals surface area contributed by atoms with Crippen LogP contribution in [0, 0.1) is 0 Å². The lowest BCUT2D eigenvalue weighted by Crippen LogP contribution is -2.65. The van der Waals surface area contributed by atoms with Crippen molar-refractivity contribution in [2.45, 2.75) is 38.6 Å². The van der Waals surface area contributed by atoms with E-state index in [9.17, 15) is 19.5 Å². The van der Waals surface area contributed by atoms with E-state index in [1.807, 2.05) is 30.3 Å². The highest BCUT2D eigenvalue weighted by molar-refractivity contribution is 6.06. The van der Waals surface area contributed by atoms with Crippen molar-refractivity contribution in [1.29, 1.82) is 0 Å². The van der Waals surface area contributed by atoms with Crippen molar-refractivity contribution in [3.63, 3.8) is 0 Å². The van der Waals surface area contributed by atoms with Crippen molar-refractivity contribution < 1.29 is 24.2 Å². The average Bonchev–Trinajstić information content (AvgIpc) is 2.46. The van der Waals surface area contributed by atoms with Gasteiger partial charge in [-0.05, 0) is 31.7 Å². The summed E-state index contributed by atoms with van der Waals surface area (Å²) in [7, 11) is 0. The van der Waals surface area contributed by atoms with E-state index in [1.54, 1.807) is 6.92 Å². The predicted molar refractivity (Wildman–Crippen MR) is 77.6 cm³/mol. The van der Waals surface area contributed by atoms with Gasteiger partial charge in [0, 0.05) is 6.92 Å². The van der Waals surface area contributed by atoms with E-state index in [4.69, 9.17) is 4.74 Å². The summed E-state index contributed by atoms with van der Waals surface area (Å²) < 4.78 is 4.80. The number of aliphatic carboxylic acids is 1. The summed E-state index contributed by atoms with van der Waals surface area (Å²) in [6.07, 6.45) is 0.870. The molecule has 6 heteroatoms. The second kappa shape index (κ2) is 8.17. The molecule has 0 heterocycles. The Hall–Kier alpha value is -2.37. The maximum absolute atomic E-state index is 12.0. The van der Waals surface area contributed by atoms with Gasteiger partial charge in [0.1, 0.15) is 0 Å². The van der Waals surface area contributed by atoms with Gasteiger partial charge in [-0.1, -0.05) is 30.3 Å². The normalized spacial score (nSPS) is 13.0. The number of hydrogen-bond acceptors (Lipinski definition) is 5. The number of nitrogens with one attached hydrogen (secondary N) is 1. The smallest absolute Gasteiger partial charge is 0.337 e. The van der Waals surface area contributed by atoms with Gasteiger partial charge in [0.15, 0.2) is 5.54 Å². The summed E-state index contributed by atoms with van der Waals surface area (Å²) in [6, 6.07) is 9.44. The highest BCUT2D eigenvalue weighted by atomic mass is 16.5. The molecule has 1 aromatic carbocycles. The van der Waals surface area contributed by atoms with Crippen LogP contribution in [0.1, 0.15) is 32.3 Å². The number of carbonyl (C=O) groups excluding carboxylic acids is 3. The van der Waals surface area contributed by atoms with E-state index >= 15 is 0 Å². The third kappa shape index (κ3) is 4.58. The molecule has 0 aromatic heterocycles. The SMILES string of the molecule is CCOC(=O)C(CCCc1ccccc1)(NC(C)=O)C(=O)[O-]. The van der Waals surface area contributed by atoms with Crippen LogP contribution in [0.15, 0.2) is 30.3 Å². The first-order chi connectivity index (χ1) is 10.4. The van der Waals surface area contributed by atoms with Crippen molar-refractivity contribution in [1.82, 2.24) is 5.32 Å². The van der Waals surface area contributed by atoms with Crippen molar-refractivity contribution in [3.05, 3.63) is 35.9 Å². The first kappa shape index (κ1) is 17.7. The molecule has 0 spiro atoms. The summed E-state index contributed by atoms with van der Waals surface area (Å²) >= 11 is 0. The van der Waals surface area contributed by atoms with Crippen LogP contribution < -0.4 is 10.4 Å². The number of carboxylic acids is 1. The number of rotatable bonds is 8. The molecule has 0 fully saturated rings. The third-order valence-corrected chi connectivity index (χ3v) is 3.22. The van der Waals surface area contributed by atoms with Crippen molar-refractivity contribution in [2.24, 2.45) is 0 Å².